The standard InChI is InChI=1S/C78H68BN3O/c1-76(2,3)56-32-40-59(41-33-56)80(60-42-34-57(35-43-60)77(4,5)6)63-44-46-68-70(50-63)82(62-38-29-54(30-39-62)64-24-18-25-66-65-23-16-17-26-73(65)83-75(64)66)72-49-58(78(7,8)9)48-71-74(72)79(68)67-45-31-55(52-21-14-11-15-22-52)47-69(67)81(71)61-36-27-53(28-37-61)51-19-12-10-13-20-51/h10-50H,1-9H3. The number of nitrogens with zero attached hydrogens (tertiary/aromatic N) is 3. The predicted octanol–water partition coefficient (Wildman–Crippen LogP) is 20.0. The van der Waals surface area contributed by atoms with Crippen molar-refractivity contribution in [3.05, 3.63) is 265 Å². The van der Waals surface area contributed by atoms with E-state index in [0.29, 0.717) is 0 Å². The maximum atomic E-state index is 6.64. The molecular formula is C78H68BN3O. The van der Waals surface area contributed by atoms with Gasteiger partial charge in [-0.1, -0.05) is 226 Å². The van der Waals surface area contributed by atoms with Gasteiger partial charge in [-0.3, -0.25) is 0 Å². The molecule has 404 valence electrons. The number of fused-ring (bicyclic) bond motifs is 7. The largest absolute Gasteiger partial charge is 0.455 e. The third-order valence-corrected chi connectivity index (χ3v) is 17.3. The van der Waals surface area contributed by atoms with Gasteiger partial charge in [0, 0.05) is 67.5 Å². The van der Waals surface area contributed by atoms with E-state index in [1.54, 1.807) is 0 Å². The normalized spacial score (nSPS) is 13.0. The SMILES string of the molecule is CC(C)(C)c1ccc(N(c2ccc(C(C)(C)C)cc2)c2ccc3c(c2)N(c2ccc(-c4cccc5c4oc4ccccc45)cc2)c2cc(C(C)(C)C)cc4c2B3c2ccc(-c3ccccc3)cc2N4c2ccc(-c3ccccc3)cc2)cc1. The highest BCUT2D eigenvalue weighted by atomic mass is 16.3. The molecule has 0 radical (unpaired) electrons. The highest BCUT2D eigenvalue weighted by Crippen LogP contribution is 2.49. The molecule has 0 unspecified atom stereocenters. The Balaban J connectivity index is 1.02. The van der Waals surface area contributed by atoms with Crippen LogP contribution in [0.1, 0.15) is 79.0 Å². The van der Waals surface area contributed by atoms with Crippen molar-refractivity contribution < 1.29 is 4.42 Å². The second-order valence-corrected chi connectivity index (χ2v) is 25.8. The zero-order chi connectivity index (χ0) is 56.9. The number of benzene rings is 11. The molecule has 11 aromatic carbocycles. The van der Waals surface area contributed by atoms with E-state index in [4.69, 9.17) is 4.42 Å². The number of hydrogen-bond donors (Lipinski definition) is 0. The van der Waals surface area contributed by atoms with Crippen molar-refractivity contribution >= 4 is 96.2 Å². The molecular weight excluding hydrogens is 1010 g/mol. The van der Waals surface area contributed by atoms with Crippen LogP contribution in [0.3, 0.4) is 0 Å². The van der Waals surface area contributed by atoms with Crippen LogP contribution in [0.5, 0.6) is 0 Å². The number of furan rings is 1. The summed E-state index contributed by atoms with van der Waals surface area (Å²) in [7, 11) is 0. The lowest BCUT2D eigenvalue weighted by Crippen LogP contribution is -2.61. The fourth-order valence-corrected chi connectivity index (χ4v) is 12.8. The van der Waals surface area contributed by atoms with Crippen molar-refractivity contribution in [2.45, 2.75) is 78.6 Å². The summed E-state index contributed by atoms with van der Waals surface area (Å²) in [5.74, 6) is 0. The van der Waals surface area contributed by atoms with Gasteiger partial charge >= 0.3 is 0 Å². The third kappa shape index (κ3) is 9.11. The van der Waals surface area contributed by atoms with Crippen LogP contribution in [0.4, 0.5) is 51.2 Å². The van der Waals surface area contributed by atoms with Crippen LogP contribution >= 0.6 is 0 Å². The molecule has 0 atom stereocenters. The van der Waals surface area contributed by atoms with Crippen LogP contribution in [0.15, 0.2) is 253 Å². The summed E-state index contributed by atoms with van der Waals surface area (Å²) >= 11 is 0. The number of anilines is 9. The first-order valence-corrected chi connectivity index (χ1v) is 29.3. The lowest BCUT2D eigenvalue weighted by molar-refractivity contribution is 0.590. The molecule has 0 fully saturated rings. The van der Waals surface area contributed by atoms with Gasteiger partial charge in [-0.15, -0.1) is 0 Å². The first-order valence-electron chi connectivity index (χ1n) is 29.3. The Labute approximate surface area is 490 Å². The monoisotopic (exact) mass is 1070 g/mol. The van der Waals surface area contributed by atoms with E-state index in [2.05, 4.69) is 320 Å². The Morgan fingerprint density at radius 2 is 0.783 bits per heavy atom. The molecule has 0 spiro atoms. The second kappa shape index (κ2) is 19.7. The van der Waals surface area contributed by atoms with Crippen LogP contribution in [-0.4, -0.2) is 6.71 Å². The fraction of sp³-hybridized carbons (Fsp3) is 0.154. The summed E-state index contributed by atoms with van der Waals surface area (Å²) in [4.78, 5) is 7.57. The molecule has 5 heteroatoms. The van der Waals surface area contributed by atoms with Gasteiger partial charge in [0.1, 0.15) is 11.2 Å². The van der Waals surface area contributed by atoms with Crippen molar-refractivity contribution in [1.29, 1.82) is 0 Å². The van der Waals surface area contributed by atoms with E-state index in [1.165, 1.54) is 72.4 Å². The molecule has 4 nitrogen and oxygen atoms in total. The number of rotatable bonds is 8. The van der Waals surface area contributed by atoms with Crippen molar-refractivity contribution in [3.63, 3.8) is 0 Å². The van der Waals surface area contributed by atoms with Crippen molar-refractivity contribution in [3.8, 4) is 33.4 Å². The fourth-order valence-electron chi connectivity index (χ4n) is 12.8. The molecule has 0 saturated carbocycles. The lowest BCUT2D eigenvalue weighted by Gasteiger charge is -2.45. The summed E-state index contributed by atoms with van der Waals surface area (Å²) in [6.07, 6.45) is 0. The summed E-state index contributed by atoms with van der Waals surface area (Å²) in [6.45, 7) is 20.7. The Hall–Kier alpha value is -9.32. The van der Waals surface area contributed by atoms with Crippen LogP contribution < -0.4 is 31.1 Å². The first kappa shape index (κ1) is 51.8. The lowest BCUT2D eigenvalue weighted by atomic mass is 9.33. The van der Waals surface area contributed by atoms with Crippen LogP contribution in [0.2, 0.25) is 0 Å². The molecule has 1 aromatic heterocycles. The zero-order valence-corrected chi connectivity index (χ0v) is 49.0. The molecule has 14 rings (SSSR count). The van der Waals surface area contributed by atoms with E-state index in [0.717, 1.165) is 67.2 Å². The molecule has 0 N–H and O–H groups in total. The van der Waals surface area contributed by atoms with Gasteiger partial charge in [-0.2, -0.15) is 0 Å². The Bertz CT molecular complexity index is 4350. The average molecular weight is 1070 g/mol. The average Bonchev–Trinajstić information content (AvgIpc) is 4.14. The molecule has 83 heavy (non-hydrogen) atoms. The first-order chi connectivity index (χ1) is 40.0. The maximum absolute atomic E-state index is 6.64. The van der Waals surface area contributed by atoms with Crippen LogP contribution in [0, 0.1) is 0 Å². The van der Waals surface area contributed by atoms with Gasteiger partial charge in [0.25, 0.3) is 6.71 Å². The van der Waals surface area contributed by atoms with Gasteiger partial charge in [0.05, 0.1) is 0 Å². The van der Waals surface area contributed by atoms with E-state index in [9.17, 15) is 0 Å². The highest BCUT2D eigenvalue weighted by Gasteiger charge is 2.44. The van der Waals surface area contributed by atoms with Crippen molar-refractivity contribution in [2.24, 2.45) is 0 Å². The van der Waals surface area contributed by atoms with E-state index in [1.807, 2.05) is 6.07 Å². The predicted molar refractivity (Wildman–Crippen MR) is 355 cm³/mol. The second-order valence-electron chi connectivity index (χ2n) is 25.8. The minimum atomic E-state index is -0.200. The highest BCUT2D eigenvalue weighted by molar-refractivity contribution is 7.00. The maximum Gasteiger partial charge on any atom is 0.252 e. The smallest absolute Gasteiger partial charge is 0.252 e. The topological polar surface area (TPSA) is 22.9 Å². The zero-order valence-electron chi connectivity index (χ0n) is 49.0. The van der Waals surface area contributed by atoms with Gasteiger partial charge in [-0.05, 0) is 162 Å². The molecule has 2 aliphatic rings. The summed E-state index contributed by atoms with van der Waals surface area (Å²) in [5, 5.41) is 2.25. The van der Waals surface area contributed by atoms with Crippen LogP contribution in [0.25, 0.3) is 55.3 Å². The molecule has 0 amide bonds. The molecule has 0 bridgehead atoms. The van der Waals surface area contributed by atoms with Crippen molar-refractivity contribution in [1.82, 2.24) is 0 Å². The van der Waals surface area contributed by atoms with E-state index < -0.39 is 0 Å². The molecule has 2 aliphatic heterocycles. The molecule has 0 saturated heterocycles. The van der Waals surface area contributed by atoms with Gasteiger partial charge in [-0.25, -0.2) is 0 Å². The van der Waals surface area contributed by atoms with Crippen LogP contribution in [-0.2, 0) is 16.2 Å². The Morgan fingerprint density at radius 1 is 0.337 bits per heavy atom. The Morgan fingerprint density at radius 3 is 1.34 bits per heavy atom. The summed E-state index contributed by atoms with van der Waals surface area (Å²) < 4.78 is 6.64. The Kier molecular flexibility index (Phi) is 12.3. The van der Waals surface area contributed by atoms with E-state index >= 15 is 0 Å². The molecule has 3 heterocycles. The minimum Gasteiger partial charge on any atom is -0.455 e. The molecule has 0 aliphatic carbocycles. The number of para-hydroxylation sites is 2. The minimum absolute atomic E-state index is 0.00958. The van der Waals surface area contributed by atoms with Gasteiger partial charge < -0.3 is 19.1 Å². The van der Waals surface area contributed by atoms with Crippen molar-refractivity contribution in [2.75, 3.05) is 14.7 Å². The van der Waals surface area contributed by atoms with Gasteiger partial charge in [0.15, 0.2) is 0 Å². The summed E-state index contributed by atoms with van der Waals surface area (Å²) in [6, 6.07) is 92.7. The summed E-state index contributed by atoms with van der Waals surface area (Å²) in [5.41, 5.74) is 26.4. The van der Waals surface area contributed by atoms with Gasteiger partial charge in [0.2, 0.25) is 0 Å². The third-order valence-electron chi connectivity index (χ3n) is 17.3. The quantitative estimate of drug-likeness (QED) is 0.141. The number of hydrogen-bond acceptors (Lipinski definition) is 4. The molecule has 12 aromatic rings. The van der Waals surface area contributed by atoms with E-state index in [-0.39, 0.29) is 23.0 Å².